The van der Waals surface area contributed by atoms with Crippen molar-refractivity contribution in [3.8, 4) is 11.4 Å². The number of rotatable bonds is 5. The van der Waals surface area contributed by atoms with Gasteiger partial charge < -0.3 is 10.6 Å². The van der Waals surface area contributed by atoms with Crippen LogP contribution in [0.4, 0.5) is 10.1 Å². The molecule has 0 atom stereocenters. The fraction of sp³-hybridized carbons (Fsp3) is 0.143. The standard InChI is InChI=1S/C21H18FN5O2S/c1-13-3-2-4-16(11-13)24-20(29)19(28)23-10-9-17-12-30-21-25-18(26-27(17)21)14-5-7-15(22)8-6-14/h2-8,11-12H,9-10H2,1H3,(H,23,28)(H,24,29). The van der Waals surface area contributed by atoms with Gasteiger partial charge in [0.15, 0.2) is 5.82 Å². The summed E-state index contributed by atoms with van der Waals surface area (Å²) >= 11 is 1.42. The number of thiazole rings is 1. The van der Waals surface area contributed by atoms with Crippen molar-refractivity contribution in [1.29, 1.82) is 0 Å². The average Bonchev–Trinajstić information content (AvgIpc) is 3.30. The lowest BCUT2D eigenvalue weighted by Gasteiger charge is -2.06. The van der Waals surface area contributed by atoms with Gasteiger partial charge in [0, 0.05) is 29.6 Å². The molecule has 0 radical (unpaired) electrons. The lowest BCUT2D eigenvalue weighted by Crippen LogP contribution is -2.36. The van der Waals surface area contributed by atoms with Gasteiger partial charge in [-0.15, -0.1) is 16.4 Å². The molecule has 30 heavy (non-hydrogen) atoms. The summed E-state index contributed by atoms with van der Waals surface area (Å²) in [5.41, 5.74) is 3.14. The van der Waals surface area contributed by atoms with E-state index in [0.29, 0.717) is 22.9 Å². The van der Waals surface area contributed by atoms with Crippen LogP contribution in [0.1, 0.15) is 11.3 Å². The van der Waals surface area contributed by atoms with Crippen molar-refractivity contribution in [2.75, 3.05) is 11.9 Å². The van der Waals surface area contributed by atoms with Crippen LogP contribution in [0.2, 0.25) is 0 Å². The summed E-state index contributed by atoms with van der Waals surface area (Å²) in [5.74, 6) is -1.23. The van der Waals surface area contributed by atoms with Crippen molar-refractivity contribution in [1.82, 2.24) is 19.9 Å². The molecule has 2 aromatic carbocycles. The van der Waals surface area contributed by atoms with Crippen molar-refractivity contribution in [2.45, 2.75) is 13.3 Å². The number of carbonyl (C=O) groups excluding carboxylic acids is 2. The first-order valence-electron chi connectivity index (χ1n) is 9.24. The van der Waals surface area contributed by atoms with Gasteiger partial charge in [-0.2, -0.15) is 4.98 Å². The highest BCUT2D eigenvalue weighted by Crippen LogP contribution is 2.21. The molecule has 0 unspecified atom stereocenters. The molecule has 2 heterocycles. The van der Waals surface area contributed by atoms with E-state index in [1.807, 2.05) is 24.4 Å². The van der Waals surface area contributed by atoms with Crippen molar-refractivity contribution in [2.24, 2.45) is 0 Å². The number of nitrogens with one attached hydrogen (secondary N) is 2. The summed E-state index contributed by atoms with van der Waals surface area (Å²) in [6.45, 7) is 2.18. The second kappa shape index (κ2) is 8.42. The molecule has 0 aliphatic rings. The molecule has 9 heteroatoms. The summed E-state index contributed by atoms with van der Waals surface area (Å²) in [4.78, 5) is 29.2. The zero-order chi connectivity index (χ0) is 21.1. The van der Waals surface area contributed by atoms with Gasteiger partial charge in [0.05, 0.1) is 5.69 Å². The smallest absolute Gasteiger partial charge is 0.313 e. The lowest BCUT2D eigenvalue weighted by molar-refractivity contribution is -0.136. The Kier molecular flexibility index (Phi) is 5.53. The van der Waals surface area contributed by atoms with Crippen LogP contribution < -0.4 is 10.6 Å². The minimum Gasteiger partial charge on any atom is -0.347 e. The fourth-order valence-electron chi connectivity index (χ4n) is 2.91. The third-order valence-corrected chi connectivity index (χ3v) is 5.27. The Morgan fingerprint density at radius 3 is 2.70 bits per heavy atom. The van der Waals surface area contributed by atoms with Crippen LogP contribution in [-0.2, 0) is 16.0 Å². The van der Waals surface area contributed by atoms with Gasteiger partial charge in [-0.25, -0.2) is 8.91 Å². The number of anilines is 1. The lowest BCUT2D eigenvalue weighted by atomic mass is 10.2. The van der Waals surface area contributed by atoms with E-state index in [2.05, 4.69) is 20.7 Å². The van der Waals surface area contributed by atoms with Crippen LogP contribution in [0.5, 0.6) is 0 Å². The largest absolute Gasteiger partial charge is 0.347 e. The van der Waals surface area contributed by atoms with E-state index in [0.717, 1.165) is 16.8 Å². The summed E-state index contributed by atoms with van der Waals surface area (Å²) < 4.78 is 14.8. The predicted molar refractivity (Wildman–Crippen MR) is 113 cm³/mol. The number of hydrogen-bond donors (Lipinski definition) is 2. The van der Waals surface area contributed by atoms with E-state index >= 15 is 0 Å². The number of hydrogen-bond acceptors (Lipinski definition) is 5. The van der Waals surface area contributed by atoms with Crippen molar-refractivity contribution in [3.05, 3.63) is 71.0 Å². The van der Waals surface area contributed by atoms with Crippen LogP contribution in [-0.4, -0.2) is 33.0 Å². The molecule has 0 aliphatic heterocycles. The number of aromatic nitrogens is 3. The molecule has 0 saturated heterocycles. The Morgan fingerprint density at radius 1 is 1.13 bits per heavy atom. The first kappa shape index (κ1) is 19.7. The normalized spacial score (nSPS) is 10.9. The minimum atomic E-state index is -0.713. The van der Waals surface area contributed by atoms with Gasteiger partial charge in [0.25, 0.3) is 0 Å². The van der Waals surface area contributed by atoms with Crippen molar-refractivity contribution >= 4 is 33.8 Å². The summed E-state index contributed by atoms with van der Waals surface area (Å²) in [5, 5.41) is 11.6. The van der Waals surface area contributed by atoms with Crippen molar-refractivity contribution in [3.63, 3.8) is 0 Å². The quantitative estimate of drug-likeness (QED) is 0.483. The molecular formula is C21H18FN5O2S. The number of fused-ring (bicyclic) bond motifs is 1. The summed E-state index contributed by atoms with van der Waals surface area (Å²) in [6.07, 6.45) is 0.482. The predicted octanol–water partition coefficient (Wildman–Crippen LogP) is 3.20. The van der Waals surface area contributed by atoms with E-state index in [1.54, 1.807) is 28.8 Å². The Labute approximate surface area is 175 Å². The zero-order valence-corrected chi connectivity index (χ0v) is 16.9. The Bertz CT molecular complexity index is 1220. The Morgan fingerprint density at radius 2 is 1.93 bits per heavy atom. The fourth-order valence-corrected chi connectivity index (χ4v) is 3.77. The monoisotopic (exact) mass is 423 g/mol. The number of halogens is 1. The molecule has 4 rings (SSSR count). The average molecular weight is 423 g/mol. The third kappa shape index (κ3) is 4.36. The Balaban J connectivity index is 1.36. The molecule has 2 N–H and O–H groups in total. The molecule has 152 valence electrons. The molecule has 7 nitrogen and oxygen atoms in total. The number of nitrogens with zero attached hydrogens (tertiary/aromatic N) is 3. The number of amides is 2. The second-order valence-electron chi connectivity index (χ2n) is 6.69. The van der Waals surface area contributed by atoms with E-state index < -0.39 is 11.8 Å². The second-order valence-corrected chi connectivity index (χ2v) is 7.53. The molecule has 4 aromatic rings. The molecule has 2 aromatic heterocycles. The number of carbonyl (C=O) groups is 2. The molecule has 0 bridgehead atoms. The molecule has 0 aliphatic carbocycles. The molecule has 0 spiro atoms. The van der Waals surface area contributed by atoms with Crippen LogP contribution in [0, 0.1) is 12.7 Å². The van der Waals surface area contributed by atoms with Crippen LogP contribution in [0.3, 0.4) is 0 Å². The first-order valence-corrected chi connectivity index (χ1v) is 10.1. The van der Waals surface area contributed by atoms with E-state index in [-0.39, 0.29) is 12.4 Å². The molecule has 0 saturated carbocycles. The molecule has 0 fully saturated rings. The summed E-state index contributed by atoms with van der Waals surface area (Å²) in [7, 11) is 0. The topological polar surface area (TPSA) is 88.4 Å². The van der Waals surface area contributed by atoms with Gasteiger partial charge in [0.1, 0.15) is 5.82 Å². The van der Waals surface area contributed by atoms with Crippen molar-refractivity contribution < 1.29 is 14.0 Å². The van der Waals surface area contributed by atoms with Crippen LogP contribution in [0.25, 0.3) is 16.3 Å². The van der Waals surface area contributed by atoms with Crippen LogP contribution >= 0.6 is 11.3 Å². The van der Waals surface area contributed by atoms with E-state index in [9.17, 15) is 14.0 Å². The minimum absolute atomic E-state index is 0.275. The van der Waals surface area contributed by atoms with Crippen LogP contribution in [0.15, 0.2) is 53.9 Å². The maximum atomic E-state index is 13.1. The number of benzene rings is 2. The van der Waals surface area contributed by atoms with Gasteiger partial charge in [-0.3, -0.25) is 9.59 Å². The van der Waals surface area contributed by atoms with E-state index in [1.165, 1.54) is 23.5 Å². The Hall–Kier alpha value is -3.59. The first-order chi connectivity index (χ1) is 14.5. The number of aryl methyl sites for hydroxylation is 1. The highest BCUT2D eigenvalue weighted by Gasteiger charge is 2.15. The maximum Gasteiger partial charge on any atom is 0.313 e. The maximum absolute atomic E-state index is 13.1. The third-order valence-electron chi connectivity index (χ3n) is 4.40. The summed E-state index contributed by atoms with van der Waals surface area (Å²) in [6, 6.07) is 13.2. The van der Waals surface area contributed by atoms with Gasteiger partial charge >= 0.3 is 11.8 Å². The van der Waals surface area contributed by atoms with Gasteiger partial charge in [-0.1, -0.05) is 12.1 Å². The highest BCUT2D eigenvalue weighted by atomic mass is 32.1. The molecule has 2 amide bonds. The molecular weight excluding hydrogens is 405 g/mol. The van der Waals surface area contributed by atoms with Gasteiger partial charge in [-0.05, 0) is 48.9 Å². The van der Waals surface area contributed by atoms with E-state index in [4.69, 9.17) is 0 Å². The SMILES string of the molecule is Cc1cccc(NC(=O)C(=O)NCCc2csc3nc(-c4ccc(F)cc4)nn23)c1. The zero-order valence-electron chi connectivity index (χ0n) is 16.1. The highest BCUT2D eigenvalue weighted by molar-refractivity contribution is 7.15. The van der Waals surface area contributed by atoms with Gasteiger partial charge in [0.2, 0.25) is 4.96 Å².